The van der Waals surface area contributed by atoms with E-state index in [-0.39, 0.29) is 0 Å². The van der Waals surface area contributed by atoms with E-state index in [2.05, 4.69) is 85.3 Å². The maximum absolute atomic E-state index is 2.15. The maximum atomic E-state index is 2.15. The molecule has 0 saturated carbocycles. The Hall–Kier alpha value is -1.38. The first-order chi connectivity index (χ1) is 9.81. The van der Waals surface area contributed by atoms with Crippen LogP contribution in [0.3, 0.4) is 0 Å². The Balaban J connectivity index is 1.95. The number of thioether (sulfide) groups is 2. The van der Waals surface area contributed by atoms with E-state index < -0.39 is 0 Å². The van der Waals surface area contributed by atoms with Crippen LogP contribution in [0.2, 0.25) is 0 Å². The highest BCUT2D eigenvalue weighted by Gasteiger charge is 1.90. The van der Waals surface area contributed by atoms with Gasteiger partial charge in [0.25, 0.3) is 0 Å². The lowest BCUT2D eigenvalue weighted by molar-refractivity contribution is 1.45. The van der Waals surface area contributed by atoms with Crippen LogP contribution in [-0.4, -0.2) is 12.5 Å². The summed E-state index contributed by atoms with van der Waals surface area (Å²) in [4.78, 5) is 2.60. The summed E-state index contributed by atoms with van der Waals surface area (Å²) in [5.74, 6) is 0. The third-order valence-corrected chi connectivity index (χ3v) is 4.41. The highest BCUT2D eigenvalue weighted by Crippen LogP contribution is 2.16. The van der Waals surface area contributed by atoms with Crippen molar-refractivity contribution >= 4 is 35.7 Å². The van der Waals surface area contributed by atoms with Crippen molar-refractivity contribution < 1.29 is 0 Å². The van der Waals surface area contributed by atoms with Crippen LogP contribution >= 0.6 is 23.5 Å². The highest BCUT2D eigenvalue weighted by atomic mass is 32.2. The van der Waals surface area contributed by atoms with Gasteiger partial charge in [0.15, 0.2) is 0 Å². The Morgan fingerprint density at radius 2 is 0.950 bits per heavy atom. The molecule has 0 amide bonds. The van der Waals surface area contributed by atoms with Crippen LogP contribution in [0.1, 0.15) is 11.1 Å². The summed E-state index contributed by atoms with van der Waals surface area (Å²) < 4.78 is 0. The van der Waals surface area contributed by atoms with Gasteiger partial charge in [0, 0.05) is 9.79 Å². The van der Waals surface area contributed by atoms with E-state index >= 15 is 0 Å². The van der Waals surface area contributed by atoms with Crippen LogP contribution in [0.15, 0.2) is 70.5 Å². The van der Waals surface area contributed by atoms with Crippen LogP contribution < -0.4 is 0 Å². The minimum absolute atomic E-state index is 1.23. The molecule has 0 N–H and O–H groups in total. The summed E-state index contributed by atoms with van der Waals surface area (Å²) in [7, 11) is 0. The molecule has 0 atom stereocenters. The molecule has 102 valence electrons. The zero-order chi connectivity index (χ0) is 14.2. The Labute approximate surface area is 130 Å². The molecule has 0 aliphatic rings. The molecule has 0 aromatic heterocycles. The van der Waals surface area contributed by atoms with Gasteiger partial charge in [-0.1, -0.05) is 48.6 Å². The molecule has 2 heteroatoms. The monoisotopic (exact) mass is 298 g/mol. The standard InChI is InChI=1S/C18H18S2/c1-19-17-11-7-15(8-12-17)5-3-4-6-16-9-13-18(20-2)14-10-16/h3-14H,1-2H3/b5-3+,6-4+. The minimum atomic E-state index is 1.23. The third-order valence-electron chi connectivity index (χ3n) is 2.92. The number of hydrogen-bond acceptors (Lipinski definition) is 2. The first-order valence-electron chi connectivity index (χ1n) is 6.44. The smallest absolute Gasteiger partial charge is 0.00695 e. The lowest BCUT2D eigenvalue weighted by atomic mass is 10.2. The van der Waals surface area contributed by atoms with E-state index in [0.29, 0.717) is 0 Å². The van der Waals surface area contributed by atoms with Crippen molar-refractivity contribution in [2.75, 3.05) is 12.5 Å². The van der Waals surface area contributed by atoms with Gasteiger partial charge >= 0.3 is 0 Å². The molecular weight excluding hydrogens is 280 g/mol. The van der Waals surface area contributed by atoms with E-state index in [0.717, 1.165) is 0 Å². The molecule has 0 nitrogen and oxygen atoms in total. The third kappa shape index (κ3) is 4.62. The average Bonchev–Trinajstić information content (AvgIpc) is 2.53. The topological polar surface area (TPSA) is 0 Å². The molecule has 2 rings (SSSR count). The lowest BCUT2D eigenvalue weighted by Crippen LogP contribution is -1.73. The van der Waals surface area contributed by atoms with Crippen LogP contribution in [0.4, 0.5) is 0 Å². The zero-order valence-corrected chi connectivity index (χ0v) is 13.4. The van der Waals surface area contributed by atoms with Crippen molar-refractivity contribution in [1.29, 1.82) is 0 Å². The van der Waals surface area contributed by atoms with E-state index in [1.54, 1.807) is 23.5 Å². The summed E-state index contributed by atoms with van der Waals surface area (Å²) >= 11 is 3.53. The quantitative estimate of drug-likeness (QED) is 0.501. The van der Waals surface area contributed by atoms with Gasteiger partial charge in [-0.25, -0.2) is 0 Å². The molecule has 2 aromatic rings. The number of rotatable bonds is 5. The number of benzene rings is 2. The van der Waals surface area contributed by atoms with Gasteiger partial charge < -0.3 is 0 Å². The maximum Gasteiger partial charge on any atom is 0.00695 e. The van der Waals surface area contributed by atoms with Crippen LogP contribution in [0, 0.1) is 0 Å². The van der Waals surface area contributed by atoms with Crippen molar-refractivity contribution in [2.45, 2.75) is 9.79 Å². The van der Waals surface area contributed by atoms with Gasteiger partial charge in [-0.3, -0.25) is 0 Å². The van der Waals surface area contributed by atoms with E-state index in [9.17, 15) is 0 Å². The second-order valence-electron chi connectivity index (χ2n) is 4.26. The number of hydrogen-bond donors (Lipinski definition) is 0. The molecule has 0 heterocycles. The Morgan fingerprint density at radius 3 is 1.25 bits per heavy atom. The molecular formula is C18H18S2. The first-order valence-corrected chi connectivity index (χ1v) is 8.89. The second-order valence-corrected chi connectivity index (χ2v) is 6.02. The summed E-state index contributed by atoms with van der Waals surface area (Å²) in [5, 5.41) is 0. The van der Waals surface area contributed by atoms with Crippen LogP contribution in [-0.2, 0) is 0 Å². The Kier molecular flexibility index (Phi) is 6.03. The van der Waals surface area contributed by atoms with Gasteiger partial charge in [-0.2, -0.15) is 0 Å². The molecule has 0 radical (unpaired) electrons. The van der Waals surface area contributed by atoms with Crippen molar-refractivity contribution in [3.8, 4) is 0 Å². The highest BCUT2D eigenvalue weighted by molar-refractivity contribution is 7.98. The summed E-state index contributed by atoms with van der Waals surface area (Å²) in [6, 6.07) is 17.2. The molecule has 0 fully saturated rings. The summed E-state index contributed by atoms with van der Waals surface area (Å²) in [5.41, 5.74) is 2.45. The van der Waals surface area contributed by atoms with Crippen molar-refractivity contribution in [3.63, 3.8) is 0 Å². The van der Waals surface area contributed by atoms with Gasteiger partial charge in [0.2, 0.25) is 0 Å². The molecule has 2 aromatic carbocycles. The fourth-order valence-electron chi connectivity index (χ4n) is 1.76. The predicted octanol–water partition coefficient (Wildman–Crippen LogP) is 5.86. The van der Waals surface area contributed by atoms with Gasteiger partial charge in [0.05, 0.1) is 0 Å². The minimum Gasteiger partial charge on any atom is -0.130 e. The average molecular weight is 298 g/mol. The molecule has 0 bridgehead atoms. The van der Waals surface area contributed by atoms with Crippen molar-refractivity contribution in [1.82, 2.24) is 0 Å². The van der Waals surface area contributed by atoms with Gasteiger partial charge in [0.1, 0.15) is 0 Å². The Bertz CT molecular complexity index is 522. The molecule has 0 unspecified atom stereocenters. The normalized spacial score (nSPS) is 11.5. The van der Waals surface area contributed by atoms with Gasteiger partial charge in [-0.05, 0) is 47.9 Å². The fraction of sp³-hybridized carbons (Fsp3) is 0.111. The van der Waals surface area contributed by atoms with Crippen molar-refractivity contribution in [2.24, 2.45) is 0 Å². The number of allylic oxidation sites excluding steroid dienone is 2. The molecule has 0 aliphatic carbocycles. The fourth-order valence-corrected chi connectivity index (χ4v) is 2.58. The molecule has 20 heavy (non-hydrogen) atoms. The van der Waals surface area contributed by atoms with E-state index in [4.69, 9.17) is 0 Å². The van der Waals surface area contributed by atoms with Crippen molar-refractivity contribution in [3.05, 3.63) is 71.8 Å². The molecule has 0 saturated heterocycles. The summed E-state index contributed by atoms with van der Waals surface area (Å²) in [6.45, 7) is 0. The molecule has 0 aliphatic heterocycles. The second kappa shape index (κ2) is 8.03. The first kappa shape index (κ1) is 15.0. The van der Waals surface area contributed by atoms with Crippen LogP contribution in [0.25, 0.3) is 12.2 Å². The zero-order valence-electron chi connectivity index (χ0n) is 11.7. The largest absolute Gasteiger partial charge is 0.130 e. The van der Waals surface area contributed by atoms with Gasteiger partial charge in [-0.15, -0.1) is 23.5 Å². The van der Waals surface area contributed by atoms with E-state index in [1.165, 1.54) is 20.9 Å². The van der Waals surface area contributed by atoms with Crippen LogP contribution in [0.5, 0.6) is 0 Å². The summed E-state index contributed by atoms with van der Waals surface area (Å²) in [6.07, 6.45) is 12.6. The molecule has 0 spiro atoms. The lowest BCUT2D eigenvalue weighted by Gasteiger charge is -1.97. The Morgan fingerprint density at radius 1 is 0.600 bits per heavy atom. The predicted molar refractivity (Wildman–Crippen MR) is 94.5 cm³/mol. The van der Waals surface area contributed by atoms with E-state index in [1.807, 2.05) is 0 Å². The SMILES string of the molecule is CSc1ccc(/C=C/C=C/c2ccc(SC)cc2)cc1.